The Hall–Kier alpha value is -2.84. The predicted molar refractivity (Wildman–Crippen MR) is 96.0 cm³/mol. The molecule has 1 N–H and O–H groups in total. The molecular weight excluding hydrogens is 373 g/mol. The summed E-state index contributed by atoms with van der Waals surface area (Å²) < 4.78 is 39.9. The number of carbonyl (C=O) groups excluding carboxylic acids is 2. The molecule has 6 nitrogen and oxygen atoms in total. The van der Waals surface area contributed by atoms with Gasteiger partial charge in [0.2, 0.25) is 5.91 Å². The third-order valence-corrected chi connectivity index (χ3v) is 5.06. The summed E-state index contributed by atoms with van der Waals surface area (Å²) in [6.45, 7) is 2.13. The Morgan fingerprint density at radius 3 is 2.54 bits per heavy atom. The third kappa shape index (κ3) is 3.48. The molecule has 0 radical (unpaired) electrons. The highest BCUT2D eigenvalue weighted by atomic mass is 19.4. The van der Waals surface area contributed by atoms with Gasteiger partial charge >= 0.3 is 6.18 Å². The second kappa shape index (κ2) is 6.65. The molecule has 0 bridgehead atoms. The SMILES string of the molecule is C[C@H]1CN(c2ccc(C(F)(F)F)cc2)C(=O)c2c(NC(=O)CC3CC3)cnn21. The van der Waals surface area contributed by atoms with Gasteiger partial charge in [-0.05, 0) is 49.9 Å². The van der Waals surface area contributed by atoms with Gasteiger partial charge in [-0.2, -0.15) is 18.3 Å². The molecule has 1 atom stereocenters. The summed E-state index contributed by atoms with van der Waals surface area (Å²) in [6, 6.07) is 4.29. The maximum absolute atomic E-state index is 13.0. The molecule has 0 saturated heterocycles. The Kier molecular flexibility index (Phi) is 4.40. The van der Waals surface area contributed by atoms with Crippen LogP contribution in [0.3, 0.4) is 0 Å². The van der Waals surface area contributed by atoms with Crippen LogP contribution in [0.5, 0.6) is 0 Å². The normalized spacial score (nSPS) is 19.5. The van der Waals surface area contributed by atoms with Crippen molar-refractivity contribution in [2.75, 3.05) is 16.8 Å². The van der Waals surface area contributed by atoms with E-state index in [9.17, 15) is 22.8 Å². The van der Waals surface area contributed by atoms with Crippen molar-refractivity contribution in [1.29, 1.82) is 0 Å². The predicted octanol–water partition coefficient (Wildman–Crippen LogP) is 3.86. The van der Waals surface area contributed by atoms with Gasteiger partial charge in [0.1, 0.15) is 0 Å². The minimum Gasteiger partial charge on any atom is -0.323 e. The largest absolute Gasteiger partial charge is 0.416 e. The zero-order valence-electron chi connectivity index (χ0n) is 15.2. The molecule has 28 heavy (non-hydrogen) atoms. The number of aromatic nitrogens is 2. The van der Waals surface area contributed by atoms with Crippen molar-refractivity contribution in [2.24, 2.45) is 5.92 Å². The molecule has 1 aromatic heterocycles. The first kappa shape index (κ1) is 18.5. The van der Waals surface area contributed by atoms with E-state index in [4.69, 9.17) is 0 Å². The second-order valence-electron chi connectivity index (χ2n) is 7.36. The topological polar surface area (TPSA) is 67.2 Å². The zero-order chi connectivity index (χ0) is 20.1. The van der Waals surface area contributed by atoms with E-state index in [1.54, 1.807) is 4.68 Å². The number of carbonyl (C=O) groups is 2. The van der Waals surface area contributed by atoms with Crippen LogP contribution < -0.4 is 10.2 Å². The number of halogens is 3. The van der Waals surface area contributed by atoms with Gasteiger partial charge in [0, 0.05) is 18.7 Å². The number of alkyl halides is 3. The fraction of sp³-hybridized carbons (Fsp3) is 0.421. The minimum absolute atomic E-state index is 0.162. The van der Waals surface area contributed by atoms with Gasteiger partial charge in [0.05, 0.1) is 23.5 Å². The molecule has 4 rings (SSSR count). The van der Waals surface area contributed by atoms with E-state index >= 15 is 0 Å². The minimum atomic E-state index is -4.44. The highest BCUT2D eigenvalue weighted by Gasteiger charge is 2.35. The van der Waals surface area contributed by atoms with Gasteiger partial charge in [-0.3, -0.25) is 14.3 Å². The quantitative estimate of drug-likeness (QED) is 0.859. The first-order chi connectivity index (χ1) is 13.2. The average molecular weight is 392 g/mol. The van der Waals surface area contributed by atoms with Crippen LogP contribution in [0.25, 0.3) is 0 Å². The molecule has 2 aliphatic rings. The van der Waals surface area contributed by atoms with Crippen LogP contribution >= 0.6 is 0 Å². The average Bonchev–Trinajstić information content (AvgIpc) is 3.34. The third-order valence-electron chi connectivity index (χ3n) is 5.06. The van der Waals surface area contributed by atoms with Crippen LogP contribution in [0, 0.1) is 5.92 Å². The molecule has 1 aromatic carbocycles. The molecule has 1 aliphatic heterocycles. The number of benzene rings is 1. The van der Waals surface area contributed by atoms with Crippen molar-refractivity contribution in [3.63, 3.8) is 0 Å². The van der Waals surface area contributed by atoms with Gasteiger partial charge in [-0.1, -0.05) is 0 Å². The fourth-order valence-corrected chi connectivity index (χ4v) is 3.39. The van der Waals surface area contributed by atoms with Crippen LogP contribution in [-0.4, -0.2) is 28.1 Å². The van der Waals surface area contributed by atoms with Crippen molar-refractivity contribution < 1.29 is 22.8 Å². The van der Waals surface area contributed by atoms with Crippen LogP contribution in [0.15, 0.2) is 30.5 Å². The number of fused-ring (bicyclic) bond motifs is 1. The molecule has 0 unspecified atom stereocenters. The summed E-state index contributed by atoms with van der Waals surface area (Å²) in [4.78, 5) is 26.6. The van der Waals surface area contributed by atoms with Crippen LogP contribution in [-0.2, 0) is 11.0 Å². The maximum Gasteiger partial charge on any atom is 0.416 e. The Labute approximate surface area is 159 Å². The summed E-state index contributed by atoms with van der Waals surface area (Å²) in [5, 5.41) is 6.97. The number of hydrogen-bond acceptors (Lipinski definition) is 3. The van der Waals surface area contributed by atoms with Crippen LogP contribution in [0.1, 0.15) is 48.3 Å². The van der Waals surface area contributed by atoms with Gasteiger partial charge in [-0.25, -0.2) is 0 Å². The summed E-state index contributed by atoms with van der Waals surface area (Å²) in [5.74, 6) is -0.160. The molecule has 1 fully saturated rings. The lowest BCUT2D eigenvalue weighted by Gasteiger charge is -2.32. The lowest BCUT2D eigenvalue weighted by Crippen LogP contribution is -2.43. The van der Waals surface area contributed by atoms with E-state index in [1.807, 2.05) is 6.92 Å². The van der Waals surface area contributed by atoms with Crippen LogP contribution in [0.2, 0.25) is 0 Å². The molecule has 148 valence electrons. The van der Waals surface area contributed by atoms with E-state index in [0.717, 1.165) is 25.0 Å². The van der Waals surface area contributed by atoms with Gasteiger partial charge in [0.25, 0.3) is 5.91 Å². The Bertz CT molecular complexity index is 916. The Morgan fingerprint density at radius 2 is 1.93 bits per heavy atom. The zero-order valence-corrected chi connectivity index (χ0v) is 15.2. The lowest BCUT2D eigenvalue weighted by atomic mass is 10.1. The number of anilines is 2. The van der Waals surface area contributed by atoms with Gasteiger partial charge in [0.15, 0.2) is 5.69 Å². The van der Waals surface area contributed by atoms with E-state index in [-0.39, 0.29) is 24.2 Å². The monoisotopic (exact) mass is 392 g/mol. The summed E-state index contributed by atoms with van der Waals surface area (Å²) >= 11 is 0. The van der Waals surface area contributed by atoms with Gasteiger partial charge < -0.3 is 10.2 Å². The molecule has 2 amide bonds. The lowest BCUT2D eigenvalue weighted by molar-refractivity contribution is -0.137. The highest BCUT2D eigenvalue weighted by molar-refractivity contribution is 6.11. The van der Waals surface area contributed by atoms with E-state index in [2.05, 4.69) is 10.4 Å². The number of nitrogens with zero attached hydrogens (tertiary/aromatic N) is 3. The number of rotatable bonds is 4. The van der Waals surface area contributed by atoms with Gasteiger partial charge in [-0.15, -0.1) is 0 Å². The van der Waals surface area contributed by atoms with E-state index in [1.165, 1.54) is 23.2 Å². The number of hydrogen-bond donors (Lipinski definition) is 1. The standard InChI is InChI=1S/C19H19F3N4O2/c1-11-10-25(14-6-4-13(5-7-14)19(20,21)22)18(28)17-15(9-23-26(11)17)24-16(27)8-12-2-3-12/h4-7,9,11-12H,2-3,8,10H2,1H3,(H,24,27)/t11-/m0/s1. The van der Waals surface area contributed by atoms with Crippen molar-refractivity contribution in [2.45, 2.75) is 38.4 Å². The molecule has 0 spiro atoms. The Morgan fingerprint density at radius 1 is 1.25 bits per heavy atom. The molecule has 2 aromatic rings. The highest BCUT2D eigenvalue weighted by Crippen LogP contribution is 2.35. The molecular formula is C19H19F3N4O2. The van der Waals surface area contributed by atoms with E-state index < -0.39 is 17.6 Å². The molecule has 9 heteroatoms. The molecule has 1 aliphatic carbocycles. The summed E-state index contributed by atoms with van der Waals surface area (Å²) in [7, 11) is 0. The first-order valence-electron chi connectivity index (χ1n) is 9.10. The van der Waals surface area contributed by atoms with Crippen molar-refractivity contribution in [1.82, 2.24) is 9.78 Å². The van der Waals surface area contributed by atoms with Crippen molar-refractivity contribution in [3.05, 3.63) is 41.7 Å². The van der Waals surface area contributed by atoms with Crippen molar-refractivity contribution >= 4 is 23.2 Å². The summed E-state index contributed by atoms with van der Waals surface area (Å²) in [6.07, 6.45) is -0.495. The first-order valence-corrected chi connectivity index (χ1v) is 9.10. The second-order valence-corrected chi connectivity index (χ2v) is 7.36. The molecule has 2 heterocycles. The van der Waals surface area contributed by atoms with E-state index in [0.29, 0.717) is 23.7 Å². The Balaban J connectivity index is 1.60. The fourth-order valence-electron chi connectivity index (χ4n) is 3.39. The molecule has 1 saturated carbocycles. The maximum atomic E-state index is 13.0. The number of amides is 2. The summed E-state index contributed by atoms with van der Waals surface area (Å²) in [5.41, 5.74) is 0.168. The smallest absolute Gasteiger partial charge is 0.323 e. The number of nitrogens with one attached hydrogen (secondary N) is 1. The van der Waals surface area contributed by atoms with Crippen LogP contribution in [0.4, 0.5) is 24.5 Å². The van der Waals surface area contributed by atoms with Crippen molar-refractivity contribution in [3.8, 4) is 0 Å².